The van der Waals surface area contributed by atoms with Gasteiger partial charge in [-0.15, -0.1) is 0 Å². The molecule has 1 atom stereocenters. The van der Waals surface area contributed by atoms with E-state index in [4.69, 9.17) is 0 Å². The van der Waals surface area contributed by atoms with E-state index in [-0.39, 0.29) is 12.3 Å². The largest absolute Gasteiger partial charge is 0.460 e. The van der Waals surface area contributed by atoms with Crippen LogP contribution in [0.25, 0.3) is 0 Å². The van der Waals surface area contributed by atoms with Crippen molar-refractivity contribution in [2.75, 3.05) is 0 Å². The van der Waals surface area contributed by atoms with Crippen LogP contribution in [-0.2, 0) is 6.42 Å². The third-order valence-corrected chi connectivity index (χ3v) is 4.82. The summed E-state index contributed by atoms with van der Waals surface area (Å²) in [5, 5.41) is 9.78. The van der Waals surface area contributed by atoms with Crippen LogP contribution in [-0.4, -0.2) is 46.8 Å². The van der Waals surface area contributed by atoms with E-state index in [0.29, 0.717) is 5.56 Å². The van der Waals surface area contributed by atoms with E-state index in [0.717, 1.165) is 18.2 Å². The molecule has 0 aliphatic rings. The van der Waals surface area contributed by atoms with Gasteiger partial charge in [0.1, 0.15) is 0 Å². The zero-order chi connectivity index (χ0) is 28.1. The maximum atomic E-state index is 14.0. The molecule has 0 fully saturated rings. The van der Waals surface area contributed by atoms with Crippen LogP contribution in [0, 0.1) is 5.92 Å². The molecular weight excluding hydrogens is 529 g/mol. The molecule has 1 N–H and O–H groups in total. The predicted octanol–water partition coefficient (Wildman–Crippen LogP) is 7.68. The second-order valence-electron chi connectivity index (χ2n) is 8.14. The molecule has 1 rings (SSSR count). The lowest BCUT2D eigenvalue weighted by Gasteiger charge is -2.41. The topological polar surface area (TPSA) is 20.2 Å². The van der Waals surface area contributed by atoms with Gasteiger partial charge in [0.05, 0.1) is 6.10 Å². The normalized spacial score (nSPS) is 16.1. The molecule has 0 saturated carbocycles. The molecule has 0 heterocycles. The summed E-state index contributed by atoms with van der Waals surface area (Å²) < 4.78 is 199. The Morgan fingerprint density at radius 1 is 0.657 bits per heavy atom. The molecular formula is C19H17F15O. The van der Waals surface area contributed by atoms with Crippen molar-refractivity contribution in [3.8, 4) is 0 Å². The highest BCUT2D eigenvalue weighted by molar-refractivity contribution is 5.26. The molecule has 0 bridgehead atoms. The molecule has 0 saturated heterocycles. The second kappa shape index (κ2) is 9.21. The molecule has 35 heavy (non-hydrogen) atoms. The Morgan fingerprint density at radius 3 is 1.51 bits per heavy atom. The fourth-order valence-corrected chi connectivity index (χ4v) is 2.89. The Bertz CT molecular complexity index is 873. The Labute approximate surface area is 187 Å². The van der Waals surface area contributed by atoms with Crippen LogP contribution >= 0.6 is 0 Å². The summed E-state index contributed by atoms with van der Waals surface area (Å²) in [4.78, 5) is 0. The number of halogens is 15. The monoisotopic (exact) mass is 546 g/mol. The lowest BCUT2D eigenvalue weighted by atomic mass is 9.88. The summed E-state index contributed by atoms with van der Waals surface area (Å²) in [7, 11) is 0. The zero-order valence-corrected chi connectivity index (χ0v) is 17.5. The van der Waals surface area contributed by atoms with E-state index in [1.54, 1.807) is 13.8 Å². The number of aliphatic hydroxyl groups is 1. The molecule has 204 valence electrons. The highest BCUT2D eigenvalue weighted by atomic mass is 19.4. The van der Waals surface area contributed by atoms with Crippen LogP contribution in [0.15, 0.2) is 24.3 Å². The molecule has 0 aromatic heterocycles. The highest BCUT2D eigenvalue weighted by Gasteiger charge is 2.93. The van der Waals surface area contributed by atoms with Crippen molar-refractivity contribution in [3.63, 3.8) is 0 Å². The quantitative estimate of drug-likeness (QED) is 0.299. The number of hydrogen-bond donors (Lipinski definition) is 1. The maximum absolute atomic E-state index is 14.0. The van der Waals surface area contributed by atoms with Crippen LogP contribution in [0.4, 0.5) is 65.9 Å². The number of rotatable bonds is 10. The van der Waals surface area contributed by atoms with E-state index < -0.39 is 59.8 Å². The predicted molar refractivity (Wildman–Crippen MR) is 90.3 cm³/mol. The van der Waals surface area contributed by atoms with Crippen LogP contribution in [0.2, 0.25) is 0 Å². The molecule has 1 unspecified atom stereocenters. The maximum Gasteiger partial charge on any atom is 0.460 e. The second-order valence-corrected chi connectivity index (χ2v) is 8.14. The zero-order valence-electron chi connectivity index (χ0n) is 17.5. The molecule has 0 radical (unpaired) electrons. The fraction of sp³-hybridized carbons (Fsp3) is 0.684. The lowest BCUT2D eigenvalue weighted by molar-refractivity contribution is -0.453. The van der Waals surface area contributed by atoms with Gasteiger partial charge in [-0.05, 0) is 23.5 Å². The fourth-order valence-electron chi connectivity index (χ4n) is 2.89. The van der Waals surface area contributed by atoms with Crippen molar-refractivity contribution >= 4 is 0 Å². The van der Waals surface area contributed by atoms with Gasteiger partial charge in [0, 0.05) is 6.42 Å². The van der Waals surface area contributed by atoms with Gasteiger partial charge in [0.2, 0.25) is 0 Å². The van der Waals surface area contributed by atoms with Crippen molar-refractivity contribution in [3.05, 3.63) is 35.4 Å². The number of aliphatic hydroxyl groups excluding tert-OH is 1. The minimum absolute atomic E-state index is 0.0504. The van der Waals surface area contributed by atoms with Crippen LogP contribution in [0.3, 0.4) is 0 Å². The van der Waals surface area contributed by atoms with E-state index in [2.05, 4.69) is 0 Å². The SMILES string of the molecule is CC(C)Cc1cccc(C(O)CC(F)(F)C(F)(F)C(F)(F)C(F)(F)C(F)(F)C(F)(F)C(F)(F)F)c1. The molecule has 1 aromatic rings. The Hall–Kier alpha value is -1.87. The van der Waals surface area contributed by atoms with Crippen molar-refractivity contribution in [2.45, 2.75) is 74.5 Å². The van der Waals surface area contributed by atoms with Gasteiger partial charge in [0.15, 0.2) is 0 Å². The van der Waals surface area contributed by atoms with E-state index in [1.807, 2.05) is 0 Å². The summed E-state index contributed by atoms with van der Waals surface area (Å²) in [6.45, 7) is 3.39. The molecule has 0 amide bonds. The van der Waals surface area contributed by atoms with Gasteiger partial charge in [-0.25, -0.2) is 0 Å². The molecule has 16 heteroatoms. The average molecular weight is 546 g/mol. The molecule has 0 aliphatic heterocycles. The molecule has 0 aliphatic carbocycles. The van der Waals surface area contributed by atoms with Gasteiger partial charge in [-0.3, -0.25) is 0 Å². The third-order valence-electron chi connectivity index (χ3n) is 4.82. The number of hydrogen-bond acceptors (Lipinski definition) is 1. The van der Waals surface area contributed by atoms with Crippen molar-refractivity contribution < 1.29 is 71.0 Å². The summed E-state index contributed by atoms with van der Waals surface area (Å²) >= 11 is 0. The molecule has 0 spiro atoms. The van der Waals surface area contributed by atoms with Crippen molar-refractivity contribution in [1.29, 1.82) is 0 Å². The van der Waals surface area contributed by atoms with Gasteiger partial charge in [-0.1, -0.05) is 38.1 Å². The summed E-state index contributed by atoms with van der Waals surface area (Å²) in [5.74, 6) is -47.0. The van der Waals surface area contributed by atoms with Crippen LogP contribution in [0.1, 0.15) is 37.5 Å². The lowest BCUT2D eigenvalue weighted by Crippen LogP contribution is -2.72. The smallest absolute Gasteiger partial charge is 0.388 e. The third kappa shape index (κ3) is 5.17. The first-order valence-corrected chi connectivity index (χ1v) is 9.38. The van der Waals surface area contributed by atoms with Crippen molar-refractivity contribution in [1.82, 2.24) is 0 Å². The molecule has 1 nitrogen and oxygen atoms in total. The first kappa shape index (κ1) is 31.2. The first-order valence-electron chi connectivity index (χ1n) is 9.38. The summed E-state index contributed by atoms with van der Waals surface area (Å²) in [5.41, 5.74) is -0.278. The number of benzene rings is 1. The average Bonchev–Trinajstić information content (AvgIpc) is 2.65. The Balaban J connectivity index is 3.41. The molecule has 1 aromatic carbocycles. The van der Waals surface area contributed by atoms with Gasteiger partial charge >= 0.3 is 41.7 Å². The highest BCUT2D eigenvalue weighted by Crippen LogP contribution is 2.63. The van der Waals surface area contributed by atoms with E-state index >= 15 is 0 Å². The van der Waals surface area contributed by atoms with Gasteiger partial charge < -0.3 is 5.11 Å². The van der Waals surface area contributed by atoms with Gasteiger partial charge in [0.25, 0.3) is 0 Å². The summed E-state index contributed by atoms with van der Waals surface area (Å²) in [6.07, 6.45) is -13.0. The van der Waals surface area contributed by atoms with Gasteiger partial charge in [-0.2, -0.15) is 65.9 Å². The standard InChI is InChI=1S/C19H17F15O/c1-9(2)6-10-4-3-5-11(7-10)12(35)8-13(20,21)14(22,23)15(24,25)16(26,27)17(28,29)18(30,31)19(32,33)34/h3-5,7,9,12,35H,6,8H2,1-2H3. The van der Waals surface area contributed by atoms with E-state index in [1.165, 1.54) is 6.07 Å². The first-order chi connectivity index (χ1) is 15.3. The van der Waals surface area contributed by atoms with E-state index in [9.17, 15) is 71.0 Å². The number of alkyl halides is 15. The Kier molecular flexibility index (Phi) is 8.20. The minimum Gasteiger partial charge on any atom is -0.388 e. The Morgan fingerprint density at radius 2 is 1.09 bits per heavy atom. The van der Waals surface area contributed by atoms with Crippen molar-refractivity contribution in [2.24, 2.45) is 5.92 Å². The minimum atomic E-state index is -8.34. The van der Waals surface area contributed by atoms with Crippen LogP contribution < -0.4 is 0 Å². The summed E-state index contributed by atoms with van der Waals surface area (Å²) in [6, 6.07) is 4.31. The van der Waals surface area contributed by atoms with Crippen LogP contribution in [0.5, 0.6) is 0 Å².